The molecule has 1 amide bonds. The summed E-state index contributed by atoms with van der Waals surface area (Å²) in [4.78, 5) is 12.8. The first-order chi connectivity index (χ1) is 13.1. The van der Waals surface area contributed by atoms with Crippen molar-refractivity contribution < 1.29 is 19.4 Å². The maximum absolute atomic E-state index is 12.8. The molecule has 3 aromatic rings. The number of rotatable bonds is 6. The Morgan fingerprint density at radius 1 is 0.889 bits per heavy atom. The van der Waals surface area contributed by atoms with Gasteiger partial charge in [-0.1, -0.05) is 36.4 Å². The summed E-state index contributed by atoms with van der Waals surface area (Å²) >= 11 is 0. The Morgan fingerprint density at radius 3 is 2.22 bits per heavy atom. The number of methoxy groups -OCH3 is 2. The van der Waals surface area contributed by atoms with E-state index in [0.717, 1.165) is 0 Å². The zero-order valence-corrected chi connectivity index (χ0v) is 15.2. The largest absolute Gasteiger partial charge is 0.497 e. The van der Waals surface area contributed by atoms with E-state index in [1.54, 1.807) is 61.7 Å². The number of carbonyl (C=O) groups excluding carboxylic acids is 1. The maximum atomic E-state index is 12.8. The van der Waals surface area contributed by atoms with Gasteiger partial charge >= 0.3 is 0 Å². The lowest BCUT2D eigenvalue weighted by Gasteiger charge is -2.19. The molecule has 0 spiro atoms. The summed E-state index contributed by atoms with van der Waals surface area (Å²) in [5.74, 6) is 0.815. The van der Waals surface area contributed by atoms with Gasteiger partial charge in [0, 0.05) is 16.8 Å². The Bertz CT molecular complexity index is 907. The number of hydrogen-bond donors (Lipinski definition) is 2. The van der Waals surface area contributed by atoms with Crippen molar-refractivity contribution in [1.82, 2.24) is 0 Å². The van der Waals surface area contributed by atoms with Crippen LogP contribution in [0.2, 0.25) is 0 Å². The van der Waals surface area contributed by atoms with Gasteiger partial charge in [0.1, 0.15) is 17.6 Å². The second kappa shape index (κ2) is 8.38. The average molecular weight is 363 g/mol. The lowest BCUT2D eigenvalue weighted by molar-refractivity contribution is 0.102. The van der Waals surface area contributed by atoms with E-state index in [0.29, 0.717) is 33.9 Å². The molecule has 0 saturated heterocycles. The Morgan fingerprint density at radius 2 is 1.59 bits per heavy atom. The highest BCUT2D eigenvalue weighted by Crippen LogP contribution is 2.34. The predicted molar refractivity (Wildman–Crippen MR) is 104 cm³/mol. The van der Waals surface area contributed by atoms with E-state index < -0.39 is 6.10 Å². The van der Waals surface area contributed by atoms with Crippen LogP contribution in [0.4, 0.5) is 5.69 Å². The van der Waals surface area contributed by atoms with Crippen molar-refractivity contribution in [3.05, 3.63) is 89.5 Å². The number of carbonyl (C=O) groups is 1. The van der Waals surface area contributed by atoms with Crippen molar-refractivity contribution in [3.8, 4) is 11.5 Å². The zero-order chi connectivity index (χ0) is 19.2. The molecule has 1 unspecified atom stereocenters. The molecule has 3 aromatic carbocycles. The van der Waals surface area contributed by atoms with Crippen LogP contribution in [0.15, 0.2) is 72.8 Å². The molecule has 0 aromatic heterocycles. The summed E-state index contributed by atoms with van der Waals surface area (Å²) in [5, 5.41) is 13.8. The van der Waals surface area contributed by atoms with Crippen LogP contribution in [0.1, 0.15) is 27.6 Å². The van der Waals surface area contributed by atoms with E-state index in [2.05, 4.69) is 5.32 Å². The van der Waals surface area contributed by atoms with Gasteiger partial charge in [-0.25, -0.2) is 0 Å². The SMILES string of the molecule is COc1ccc(C(O)c2c(OC)cccc2C(=O)Nc2ccccc2)cc1. The Hall–Kier alpha value is -3.31. The van der Waals surface area contributed by atoms with Crippen molar-refractivity contribution in [2.75, 3.05) is 19.5 Å². The van der Waals surface area contributed by atoms with Gasteiger partial charge in [0.05, 0.1) is 14.2 Å². The molecule has 27 heavy (non-hydrogen) atoms. The van der Waals surface area contributed by atoms with E-state index in [9.17, 15) is 9.90 Å². The molecule has 5 heteroatoms. The molecule has 0 aliphatic heterocycles. The molecule has 0 heterocycles. The molecule has 138 valence electrons. The lowest BCUT2D eigenvalue weighted by atomic mass is 9.95. The summed E-state index contributed by atoms with van der Waals surface area (Å²) < 4.78 is 10.6. The van der Waals surface area contributed by atoms with Crippen molar-refractivity contribution >= 4 is 11.6 Å². The topological polar surface area (TPSA) is 67.8 Å². The molecule has 3 rings (SSSR count). The Kier molecular flexibility index (Phi) is 5.74. The fourth-order valence-corrected chi connectivity index (χ4v) is 2.87. The monoisotopic (exact) mass is 363 g/mol. The minimum Gasteiger partial charge on any atom is -0.497 e. The zero-order valence-electron chi connectivity index (χ0n) is 15.2. The van der Waals surface area contributed by atoms with E-state index in [4.69, 9.17) is 9.47 Å². The molecule has 0 aliphatic carbocycles. The van der Waals surface area contributed by atoms with Crippen LogP contribution < -0.4 is 14.8 Å². The summed E-state index contributed by atoms with van der Waals surface area (Å²) in [6.45, 7) is 0. The third kappa shape index (κ3) is 4.10. The third-order valence-electron chi connectivity index (χ3n) is 4.27. The van der Waals surface area contributed by atoms with Gasteiger partial charge in [0.2, 0.25) is 0 Å². The van der Waals surface area contributed by atoms with E-state index in [-0.39, 0.29) is 5.91 Å². The van der Waals surface area contributed by atoms with Crippen LogP contribution in [-0.2, 0) is 0 Å². The van der Waals surface area contributed by atoms with Crippen LogP contribution in [0, 0.1) is 0 Å². The molecule has 2 N–H and O–H groups in total. The minimum atomic E-state index is -1.02. The molecule has 1 atom stereocenters. The first-order valence-electron chi connectivity index (χ1n) is 8.49. The van der Waals surface area contributed by atoms with Crippen LogP contribution in [-0.4, -0.2) is 25.2 Å². The van der Waals surface area contributed by atoms with Crippen LogP contribution in [0.5, 0.6) is 11.5 Å². The minimum absolute atomic E-state index is 0.317. The molecule has 0 aliphatic rings. The van der Waals surface area contributed by atoms with Crippen molar-refractivity contribution in [1.29, 1.82) is 0 Å². The quantitative estimate of drug-likeness (QED) is 0.694. The van der Waals surface area contributed by atoms with E-state index in [1.807, 2.05) is 18.2 Å². The number of benzene rings is 3. The first-order valence-corrected chi connectivity index (χ1v) is 8.49. The predicted octanol–water partition coefficient (Wildman–Crippen LogP) is 4.04. The normalized spacial score (nSPS) is 11.5. The Labute approximate surface area is 158 Å². The van der Waals surface area contributed by atoms with Gasteiger partial charge < -0.3 is 19.9 Å². The summed E-state index contributed by atoms with van der Waals surface area (Å²) in [6, 6.07) is 21.3. The van der Waals surface area contributed by atoms with Gasteiger partial charge in [-0.2, -0.15) is 0 Å². The summed E-state index contributed by atoms with van der Waals surface area (Å²) in [6.07, 6.45) is -1.02. The third-order valence-corrected chi connectivity index (χ3v) is 4.27. The van der Waals surface area contributed by atoms with Crippen molar-refractivity contribution in [2.45, 2.75) is 6.10 Å². The summed E-state index contributed by atoms with van der Waals surface area (Å²) in [5.41, 5.74) is 2.07. The second-order valence-electron chi connectivity index (χ2n) is 5.92. The van der Waals surface area contributed by atoms with Gasteiger partial charge in [-0.05, 0) is 42.0 Å². The molecular formula is C22H21NO4. The van der Waals surface area contributed by atoms with Crippen LogP contribution >= 0.6 is 0 Å². The molecule has 0 bridgehead atoms. The molecule has 0 saturated carbocycles. The number of aliphatic hydroxyl groups is 1. The number of hydrogen-bond acceptors (Lipinski definition) is 4. The smallest absolute Gasteiger partial charge is 0.256 e. The standard InChI is InChI=1S/C22H21NO4/c1-26-17-13-11-15(12-14-17)21(24)20-18(9-6-10-19(20)27-2)22(25)23-16-7-4-3-5-8-16/h3-14,21,24H,1-2H3,(H,23,25). The van der Waals surface area contributed by atoms with Crippen molar-refractivity contribution in [2.24, 2.45) is 0 Å². The second-order valence-corrected chi connectivity index (χ2v) is 5.92. The van der Waals surface area contributed by atoms with E-state index in [1.165, 1.54) is 7.11 Å². The number of para-hydroxylation sites is 1. The number of ether oxygens (including phenoxy) is 2. The highest BCUT2D eigenvalue weighted by Gasteiger charge is 2.23. The number of amides is 1. The number of nitrogens with one attached hydrogen (secondary N) is 1. The summed E-state index contributed by atoms with van der Waals surface area (Å²) in [7, 11) is 3.09. The molecule has 5 nitrogen and oxygen atoms in total. The van der Waals surface area contributed by atoms with Gasteiger partial charge in [0.15, 0.2) is 0 Å². The molecule has 0 fully saturated rings. The van der Waals surface area contributed by atoms with Crippen LogP contribution in [0.3, 0.4) is 0 Å². The Balaban J connectivity index is 1.98. The lowest BCUT2D eigenvalue weighted by Crippen LogP contribution is -2.17. The van der Waals surface area contributed by atoms with Crippen LogP contribution in [0.25, 0.3) is 0 Å². The maximum Gasteiger partial charge on any atom is 0.256 e. The van der Waals surface area contributed by atoms with E-state index >= 15 is 0 Å². The first kappa shape index (κ1) is 18.5. The number of aliphatic hydroxyl groups excluding tert-OH is 1. The van der Waals surface area contributed by atoms with Gasteiger partial charge in [-0.15, -0.1) is 0 Å². The molecular weight excluding hydrogens is 342 g/mol. The van der Waals surface area contributed by atoms with Crippen molar-refractivity contribution in [3.63, 3.8) is 0 Å². The highest BCUT2D eigenvalue weighted by molar-refractivity contribution is 6.05. The fourth-order valence-electron chi connectivity index (χ4n) is 2.87. The average Bonchev–Trinajstić information content (AvgIpc) is 2.73. The molecule has 0 radical (unpaired) electrons. The fraction of sp³-hybridized carbons (Fsp3) is 0.136. The number of anilines is 1. The van der Waals surface area contributed by atoms with Gasteiger partial charge in [-0.3, -0.25) is 4.79 Å². The van der Waals surface area contributed by atoms with Gasteiger partial charge in [0.25, 0.3) is 5.91 Å². The highest BCUT2D eigenvalue weighted by atomic mass is 16.5.